The number of carbonyl (C=O) groups is 2. The summed E-state index contributed by atoms with van der Waals surface area (Å²) in [6.07, 6.45) is -0.953. The highest BCUT2D eigenvalue weighted by Gasteiger charge is 2.60. The summed E-state index contributed by atoms with van der Waals surface area (Å²) in [5, 5.41) is 2.80. The number of pyridine rings is 1. The lowest BCUT2D eigenvalue weighted by Gasteiger charge is -2.29. The lowest BCUT2D eigenvalue weighted by atomic mass is 9.90. The predicted molar refractivity (Wildman–Crippen MR) is 126 cm³/mol. The molecular formula is C26H18ClN3O3. The van der Waals surface area contributed by atoms with Gasteiger partial charge >= 0.3 is 0 Å². The normalized spacial score (nSPS) is 22.3. The second kappa shape index (κ2) is 7.69. The third-order valence-corrected chi connectivity index (χ3v) is 6.47. The number of benzene rings is 3. The van der Waals surface area contributed by atoms with Crippen molar-refractivity contribution in [2.24, 2.45) is 5.92 Å². The van der Waals surface area contributed by atoms with Crippen molar-refractivity contribution in [1.29, 1.82) is 0 Å². The Morgan fingerprint density at radius 2 is 1.42 bits per heavy atom. The molecule has 7 heteroatoms. The minimum atomic E-state index is -0.953. The summed E-state index contributed by atoms with van der Waals surface area (Å²) in [6.45, 7) is 0. The maximum absolute atomic E-state index is 13.7. The number of para-hydroxylation sites is 3. The van der Waals surface area contributed by atoms with Gasteiger partial charge in [-0.1, -0.05) is 66.2 Å². The van der Waals surface area contributed by atoms with E-state index in [-0.39, 0.29) is 17.0 Å². The second-order valence-corrected chi connectivity index (χ2v) is 8.42. The third kappa shape index (κ3) is 3.10. The highest BCUT2D eigenvalue weighted by Crippen LogP contribution is 2.49. The third-order valence-electron chi connectivity index (χ3n) is 6.16. The smallest absolute Gasteiger partial charge is 0.266 e. The van der Waals surface area contributed by atoms with Crippen LogP contribution in [0, 0.1) is 5.92 Å². The van der Waals surface area contributed by atoms with Crippen LogP contribution in [0.3, 0.4) is 0 Å². The van der Waals surface area contributed by atoms with Gasteiger partial charge in [-0.05, 0) is 36.4 Å². The van der Waals surface area contributed by atoms with E-state index in [0.29, 0.717) is 11.3 Å². The minimum absolute atomic E-state index is 0.280. The Morgan fingerprint density at radius 1 is 0.788 bits per heavy atom. The topological polar surface area (TPSA) is 62.7 Å². The molecule has 0 saturated carbocycles. The van der Waals surface area contributed by atoms with Crippen molar-refractivity contribution in [2.75, 3.05) is 9.96 Å². The van der Waals surface area contributed by atoms with E-state index >= 15 is 0 Å². The van der Waals surface area contributed by atoms with Gasteiger partial charge in [0, 0.05) is 10.9 Å². The summed E-state index contributed by atoms with van der Waals surface area (Å²) in [5.41, 5.74) is 2.65. The van der Waals surface area contributed by atoms with Gasteiger partial charge in [-0.25, -0.2) is 14.9 Å². The van der Waals surface area contributed by atoms with Crippen molar-refractivity contribution in [2.45, 2.75) is 12.1 Å². The predicted octanol–water partition coefficient (Wildman–Crippen LogP) is 4.94. The van der Waals surface area contributed by atoms with E-state index in [1.165, 1.54) is 4.90 Å². The first-order chi connectivity index (χ1) is 16.1. The van der Waals surface area contributed by atoms with E-state index in [4.69, 9.17) is 16.4 Å². The van der Waals surface area contributed by atoms with E-state index in [1.807, 2.05) is 66.7 Å². The number of hydroxylamine groups is 1. The molecule has 162 valence electrons. The van der Waals surface area contributed by atoms with Crippen LogP contribution in [-0.4, -0.2) is 22.9 Å². The number of hydrogen-bond acceptors (Lipinski definition) is 5. The summed E-state index contributed by atoms with van der Waals surface area (Å²) in [6, 6.07) is 27.3. The molecule has 6 nitrogen and oxygen atoms in total. The van der Waals surface area contributed by atoms with Crippen molar-refractivity contribution >= 4 is 45.7 Å². The fourth-order valence-corrected chi connectivity index (χ4v) is 4.93. The van der Waals surface area contributed by atoms with Crippen LogP contribution in [0.4, 0.5) is 11.4 Å². The zero-order valence-corrected chi connectivity index (χ0v) is 18.1. The number of anilines is 2. The average Bonchev–Trinajstić information content (AvgIpc) is 3.35. The monoisotopic (exact) mass is 455 g/mol. The number of carbonyl (C=O) groups excluding carboxylic acids is 2. The fraction of sp³-hybridized carbons (Fsp3) is 0.115. The molecule has 3 aromatic carbocycles. The van der Waals surface area contributed by atoms with Crippen LogP contribution in [-0.2, 0) is 14.4 Å². The first-order valence-electron chi connectivity index (χ1n) is 10.6. The van der Waals surface area contributed by atoms with Gasteiger partial charge in [-0.2, -0.15) is 0 Å². The maximum atomic E-state index is 13.7. The van der Waals surface area contributed by atoms with Crippen molar-refractivity contribution in [3.05, 3.63) is 102 Å². The number of aromatic nitrogens is 1. The zero-order valence-electron chi connectivity index (χ0n) is 17.3. The van der Waals surface area contributed by atoms with Gasteiger partial charge in [0.05, 0.1) is 22.9 Å². The second-order valence-electron chi connectivity index (χ2n) is 8.07. The van der Waals surface area contributed by atoms with Gasteiger partial charge in [-0.3, -0.25) is 14.4 Å². The average molecular weight is 456 g/mol. The molecule has 0 radical (unpaired) electrons. The summed E-state index contributed by atoms with van der Waals surface area (Å²) in [5.74, 6) is -1.47. The van der Waals surface area contributed by atoms with E-state index in [1.54, 1.807) is 29.3 Å². The minimum Gasteiger partial charge on any atom is -0.273 e. The Morgan fingerprint density at radius 3 is 2.15 bits per heavy atom. The molecule has 0 N–H and O–H groups in total. The van der Waals surface area contributed by atoms with Crippen molar-refractivity contribution in [3.63, 3.8) is 0 Å². The van der Waals surface area contributed by atoms with Gasteiger partial charge in [0.15, 0.2) is 6.10 Å². The quantitative estimate of drug-likeness (QED) is 0.323. The molecule has 3 atom stereocenters. The molecule has 2 amide bonds. The summed E-state index contributed by atoms with van der Waals surface area (Å²) < 4.78 is 0. The van der Waals surface area contributed by atoms with Crippen LogP contribution in [0.2, 0.25) is 5.15 Å². The van der Waals surface area contributed by atoms with Gasteiger partial charge in [0.2, 0.25) is 5.91 Å². The number of imide groups is 1. The molecule has 2 saturated heterocycles. The molecule has 3 heterocycles. The molecule has 2 aliphatic heterocycles. The molecule has 0 bridgehead atoms. The molecule has 0 aliphatic carbocycles. The molecule has 33 heavy (non-hydrogen) atoms. The van der Waals surface area contributed by atoms with Gasteiger partial charge < -0.3 is 0 Å². The Kier molecular flexibility index (Phi) is 4.64. The van der Waals surface area contributed by atoms with E-state index in [9.17, 15) is 9.59 Å². The Hall–Kier alpha value is -3.74. The molecule has 2 fully saturated rings. The standard InChI is InChI=1S/C26H18ClN3O3/c27-24-19(15-16-9-7-8-14-20(16)28-24)22-21-23(33-30(22)18-12-5-2-6-13-18)26(32)29(25(21)31)17-10-3-1-4-11-17/h1-15,21-23H/t21-,22-,23+/m0/s1. The summed E-state index contributed by atoms with van der Waals surface area (Å²) >= 11 is 6.66. The van der Waals surface area contributed by atoms with Crippen molar-refractivity contribution in [1.82, 2.24) is 4.98 Å². The summed E-state index contributed by atoms with van der Waals surface area (Å²) in [7, 11) is 0. The number of fused-ring (bicyclic) bond motifs is 2. The first-order valence-corrected chi connectivity index (χ1v) is 11.0. The Balaban J connectivity index is 1.51. The fourth-order valence-electron chi connectivity index (χ4n) is 4.68. The van der Waals surface area contributed by atoms with Crippen molar-refractivity contribution in [3.8, 4) is 0 Å². The Labute approximate surface area is 194 Å². The number of halogens is 1. The van der Waals surface area contributed by atoms with Crippen molar-refractivity contribution < 1.29 is 14.4 Å². The zero-order chi connectivity index (χ0) is 22.5. The molecule has 1 aromatic heterocycles. The molecule has 0 unspecified atom stereocenters. The van der Waals surface area contributed by atoms with Gasteiger partial charge in [0.25, 0.3) is 5.91 Å². The van der Waals surface area contributed by atoms with E-state index in [2.05, 4.69) is 4.98 Å². The van der Waals surface area contributed by atoms with Crippen LogP contribution in [0.5, 0.6) is 0 Å². The Bertz CT molecular complexity index is 1380. The number of amides is 2. The van der Waals surface area contributed by atoms with E-state index in [0.717, 1.165) is 16.6 Å². The van der Waals surface area contributed by atoms with Crippen LogP contribution in [0.15, 0.2) is 91.0 Å². The lowest BCUT2D eigenvalue weighted by Crippen LogP contribution is -2.37. The summed E-state index contributed by atoms with van der Waals surface area (Å²) in [4.78, 5) is 39.0. The first kappa shape index (κ1) is 19.9. The van der Waals surface area contributed by atoms with Gasteiger partial charge in [-0.15, -0.1) is 0 Å². The molecule has 2 aliphatic rings. The molecule has 6 rings (SSSR count). The van der Waals surface area contributed by atoms with Crippen LogP contribution < -0.4 is 9.96 Å². The number of nitrogens with zero attached hydrogens (tertiary/aromatic N) is 3. The van der Waals surface area contributed by atoms with Crippen LogP contribution >= 0.6 is 11.6 Å². The highest BCUT2D eigenvalue weighted by molar-refractivity contribution is 6.31. The van der Waals surface area contributed by atoms with Crippen LogP contribution in [0.1, 0.15) is 11.6 Å². The maximum Gasteiger partial charge on any atom is 0.266 e. The highest BCUT2D eigenvalue weighted by atomic mass is 35.5. The number of hydrogen-bond donors (Lipinski definition) is 0. The molecule has 0 spiro atoms. The number of rotatable bonds is 3. The molecular weight excluding hydrogens is 438 g/mol. The lowest BCUT2D eigenvalue weighted by molar-refractivity contribution is -0.126. The van der Waals surface area contributed by atoms with E-state index < -0.39 is 18.1 Å². The SMILES string of the molecule is O=C1[C@@H]2[C@@H](ON(c3ccccc3)[C@H]2c2cc3ccccc3nc2Cl)C(=O)N1c1ccccc1. The van der Waals surface area contributed by atoms with Gasteiger partial charge in [0.1, 0.15) is 11.1 Å². The molecule has 4 aromatic rings. The van der Waals surface area contributed by atoms with Crippen LogP contribution in [0.25, 0.3) is 10.9 Å². The largest absolute Gasteiger partial charge is 0.273 e.